The summed E-state index contributed by atoms with van der Waals surface area (Å²) >= 11 is 0. The summed E-state index contributed by atoms with van der Waals surface area (Å²) in [5.41, 5.74) is 0.653. The van der Waals surface area contributed by atoms with Crippen LogP contribution in [0.4, 0.5) is 18.0 Å². The van der Waals surface area contributed by atoms with E-state index in [1.54, 1.807) is 6.92 Å². The third-order valence-corrected chi connectivity index (χ3v) is 5.67. The van der Waals surface area contributed by atoms with E-state index in [0.29, 0.717) is 30.6 Å². The zero-order valence-corrected chi connectivity index (χ0v) is 15.8. The molecular weight excluding hydrogens is 377 g/mol. The SMILES string of the molecule is Cc1ncncc1C(=O)N1CCCC12CCN(C(=O)OC(C)C(F)(F)F)CC2. The van der Waals surface area contributed by atoms with Gasteiger partial charge in [-0.2, -0.15) is 13.2 Å². The summed E-state index contributed by atoms with van der Waals surface area (Å²) < 4.78 is 42.3. The van der Waals surface area contributed by atoms with E-state index in [-0.39, 0.29) is 19.0 Å². The van der Waals surface area contributed by atoms with Crippen molar-refractivity contribution in [3.63, 3.8) is 0 Å². The van der Waals surface area contributed by atoms with Crippen LogP contribution in [0.5, 0.6) is 0 Å². The number of hydrogen-bond acceptors (Lipinski definition) is 5. The molecule has 1 atom stereocenters. The van der Waals surface area contributed by atoms with Crippen molar-refractivity contribution >= 4 is 12.0 Å². The van der Waals surface area contributed by atoms with Crippen LogP contribution in [0.1, 0.15) is 48.7 Å². The van der Waals surface area contributed by atoms with Gasteiger partial charge in [0, 0.05) is 31.4 Å². The predicted octanol–water partition coefficient (Wildman–Crippen LogP) is 2.94. The second kappa shape index (κ2) is 7.56. The van der Waals surface area contributed by atoms with Crippen LogP contribution in [-0.2, 0) is 4.74 Å². The van der Waals surface area contributed by atoms with Gasteiger partial charge >= 0.3 is 12.3 Å². The molecule has 1 unspecified atom stereocenters. The first-order valence-electron chi connectivity index (χ1n) is 9.25. The maximum Gasteiger partial charge on any atom is 0.425 e. The highest BCUT2D eigenvalue weighted by atomic mass is 19.4. The number of carbonyl (C=O) groups is 2. The molecule has 0 aromatic carbocycles. The maximum atomic E-state index is 13.0. The van der Waals surface area contributed by atoms with Gasteiger partial charge in [-0.05, 0) is 39.5 Å². The third kappa shape index (κ3) is 3.90. The van der Waals surface area contributed by atoms with Gasteiger partial charge in [-0.1, -0.05) is 0 Å². The first-order valence-corrected chi connectivity index (χ1v) is 9.25. The highest BCUT2D eigenvalue weighted by Crippen LogP contribution is 2.39. The Bertz CT molecular complexity index is 748. The highest BCUT2D eigenvalue weighted by molar-refractivity contribution is 5.95. The van der Waals surface area contributed by atoms with E-state index >= 15 is 0 Å². The van der Waals surface area contributed by atoms with Crippen molar-refractivity contribution in [3.8, 4) is 0 Å². The molecule has 154 valence electrons. The lowest BCUT2D eigenvalue weighted by atomic mass is 9.84. The van der Waals surface area contributed by atoms with Crippen LogP contribution in [0.3, 0.4) is 0 Å². The lowest BCUT2D eigenvalue weighted by Gasteiger charge is -2.44. The summed E-state index contributed by atoms with van der Waals surface area (Å²) in [4.78, 5) is 36.2. The predicted molar refractivity (Wildman–Crippen MR) is 92.6 cm³/mol. The second-order valence-corrected chi connectivity index (χ2v) is 7.36. The van der Waals surface area contributed by atoms with Gasteiger partial charge in [0.15, 0.2) is 6.10 Å². The quantitative estimate of drug-likeness (QED) is 0.763. The summed E-state index contributed by atoms with van der Waals surface area (Å²) in [6.45, 7) is 3.65. The number of likely N-dealkylation sites (tertiary alicyclic amines) is 2. The smallest absolute Gasteiger partial charge is 0.425 e. The van der Waals surface area contributed by atoms with E-state index < -0.39 is 23.9 Å². The molecule has 3 heterocycles. The molecule has 28 heavy (non-hydrogen) atoms. The fraction of sp³-hybridized carbons (Fsp3) is 0.667. The van der Waals surface area contributed by atoms with E-state index in [0.717, 1.165) is 19.8 Å². The van der Waals surface area contributed by atoms with Crippen LogP contribution in [-0.4, -0.2) is 69.2 Å². The molecule has 2 amide bonds. The number of ether oxygens (including phenoxy) is 1. The van der Waals surface area contributed by atoms with Crippen molar-refractivity contribution in [2.45, 2.75) is 57.3 Å². The van der Waals surface area contributed by atoms with E-state index in [1.165, 1.54) is 17.4 Å². The zero-order valence-electron chi connectivity index (χ0n) is 15.8. The molecule has 1 aromatic heterocycles. The molecule has 7 nitrogen and oxygen atoms in total. The lowest BCUT2D eigenvalue weighted by Crippen LogP contribution is -2.55. The zero-order chi connectivity index (χ0) is 20.5. The molecule has 0 aliphatic carbocycles. The Morgan fingerprint density at radius 1 is 1.21 bits per heavy atom. The molecule has 1 aromatic rings. The van der Waals surface area contributed by atoms with Gasteiger partial charge in [0.05, 0.1) is 11.3 Å². The minimum absolute atomic E-state index is 0.141. The molecule has 0 bridgehead atoms. The van der Waals surface area contributed by atoms with Crippen molar-refractivity contribution in [2.75, 3.05) is 19.6 Å². The summed E-state index contributed by atoms with van der Waals surface area (Å²) in [5.74, 6) is -0.141. The lowest BCUT2D eigenvalue weighted by molar-refractivity contribution is -0.200. The normalized spacial score (nSPS) is 20.3. The minimum Gasteiger partial charge on any atom is -0.437 e. The monoisotopic (exact) mass is 400 g/mol. The van der Waals surface area contributed by atoms with E-state index in [1.807, 2.05) is 4.90 Å². The van der Waals surface area contributed by atoms with Crippen molar-refractivity contribution in [2.24, 2.45) is 0 Å². The molecule has 10 heteroatoms. The Morgan fingerprint density at radius 3 is 2.50 bits per heavy atom. The number of hydrogen-bond donors (Lipinski definition) is 0. The van der Waals surface area contributed by atoms with Crippen LogP contribution < -0.4 is 0 Å². The standard InChI is InChI=1S/C18H23F3N4O3/c1-12-14(10-22-11-23-12)15(26)25-7-3-4-17(25)5-8-24(9-6-17)16(27)28-13(2)18(19,20)21/h10-11,13H,3-9H2,1-2H3. The fourth-order valence-electron chi connectivity index (χ4n) is 3.92. The van der Waals surface area contributed by atoms with Gasteiger partial charge in [0.1, 0.15) is 6.33 Å². The van der Waals surface area contributed by atoms with Crippen LogP contribution in [0.2, 0.25) is 0 Å². The van der Waals surface area contributed by atoms with E-state index in [4.69, 9.17) is 0 Å². The largest absolute Gasteiger partial charge is 0.437 e. The van der Waals surface area contributed by atoms with Gasteiger partial charge in [0.2, 0.25) is 0 Å². The molecule has 0 saturated carbocycles. The molecule has 2 saturated heterocycles. The number of amides is 2. The van der Waals surface area contributed by atoms with E-state index in [9.17, 15) is 22.8 Å². The number of halogens is 3. The number of piperidine rings is 1. The Kier molecular flexibility index (Phi) is 5.49. The van der Waals surface area contributed by atoms with Crippen LogP contribution >= 0.6 is 0 Å². The second-order valence-electron chi connectivity index (χ2n) is 7.36. The van der Waals surface area contributed by atoms with Crippen LogP contribution in [0.15, 0.2) is 12.5 Å². The Hall–Kier alpha value is -2.39. The van der Waals surface area contributed by atoms with Crippen molar-refractivity contribution in [1.82, 2.24) is 19.8 Å². The molecule has 1 spiro atoms. The maximum absolute atomic E-state index is 13.0. The molecule has 0 N–H and O–H groups in total. The third-order valence-electron chi connectivity index (χ3n) is 5.67. The number of rotatable bonds is 2. The first-order chi connectivity index (χ1) is 13.1. The molecular formula is C18H23F3N4O3. The molecule has 2 aliphatic rings. The Balaban J connectivity index is 1.66. The van der Waals surface area contributed by atoms with Crippen molar-refractivity contribution in [1.29, 1.82) is 0 Å². The van der Waals surface area contributed by atoms with Gasteiger partial charge in [-0.3, -0.25) is 4.79 Å². The topological polar surface area (TPSA) is 75.6 Å². The summed E-state index contributed by atoms with van der Waals surface area (Å²) in [6, 6.07) is 0. The average molecular weight is 400 g/mol. The van der Waals surface area contributed by atoms with Gasteiger partial charge in [-0.25, -0.2) is 14.8 Å². The van der Waals surface area contributed by atoms with Crippen molar-refractivity contribution < 1.29 is 27.5 Å². The summed E-state index contributed by atoms with van der Waals surface area (Å²) in [6.07, 6.45) is -2.18. The summed E-state index contributed by atoms with van der Waals surface area (Å²) in [5, 5.41) is 0. The van der Waals surface area contributed by atoms with Gasteiger partial charge in [0.25, 0.3) is 5.91 Å². The Morgan fingerprint density at radius 2 is 1.89 bits per heavy atom. The number of carbonyl (C=O) groups excluding carboxylic acids is 2. The summed E-state index contributed by atoms with van der Waals surface area (Å²) in [7, 11) is 0. The van der Waals surface area contributed by atoms with Gasteiger partial charge in [-0.15, -0.1) is 0 Å². The molecule has 3 rings (SSSR count). The number of aromatic nitrogens is 2. The molecule has 2 aliphatic heterocycles. The van der Waals surface area contributed by atoms with Crippen LogP contribution in [0.25, 0.3) is 0 Å². The van der Waals surface area contributed by atoms with E-state index in [2.05, 4.69) is 14.7 Å². The van der Waals surface area contributed by atoms with Crippen LogP contribution in [0, 0.1) is 6.92 Å². The number of nitrogens with zero attached hydrogens (tertiary/aromatic N) is 4. The average Bonchev–Trinajstić information content (AvgIpc) is 3.04. The molecule has 2 fully saturated rings. The molecule has 0 radical (unpaired) electrons. The Labute approximate surface area is 160 Å². The minimum atomic E-state index is -4.59. The first kappa shape index (κ1) is 20.3. The fourth-order valence-corrected chi connectivity index (χ4v) is 3.92. The van der Waals surface area contributed by atoms with Crippen molar-refractivity contribution in [3.05, 3.63) is 23.8 Å². The van der Waals surface area contributed by atoms with Gasteiger partial charge < -0.3 is 14.5 Å². The highest BCUT2D eigenvalue weighted by Gasteiger charge is 2.47. The number of aryl methyl sites for hydroxylation is 1. The number of alkyl halides is 3.